The minimum absolute atomic E-state index is 0.311. The molecule has 0 spiro atoms. The summed E-state index contributed by atoms with van der Waals surface area (Å²) in [7, 11) is 3.14. The molecule has 0 amide bonds. The molecule has 0 radical (unpaired) electrons. The van der Waals surface area contributed by atoms with Gasteiger partial charge in [-0.25, -0.2) is 4.79 Å². The van der Waals surface area contributed by atoms with Crippen LogP contribution < -0.4 is 0 Å². The molecule has 1 N–H and O–H groups in total. The summed E-state index contributed by atoms with van der Waals surface area (Å²) in [5, 5.41) is 8.07. The molecule has 2 nitrogen and oxygen atoms in total. The standard InChI is InChI=1S/C25H21P.C7H6O2/c26-25(21-14-6-2-7-15-21,22-16-8-3-9-17-22)24-19-11-10-18-23(24)20-12-4-1-5-13-20;8-7(9)6-4-2-1-3-5-6/h1-19H,26H2;1-5H,(H,8,9). The van der Waals surface area contributed by atoms with Crippen LogP contribution in [0.5, 0.6) is 0 Å². The van der Waals surface area contributed by atoms with Gasteiger partial charge in [-0.3, -0.25) is 0 Å². The monoisotopic (exact) mass is 474 g/mol. The molecule has 172 valence electrons. The maximum absolute atomic E-state index is 10.2. The van der Waals surface area contributed by atoms with E-state index in [2.05, 4.69) is 125 Å². The minimum Gasteiger partial charge on any atom is -0.478 e. The Hall–Kier alpha value is -4.00. The Labute approximate surface area is 209 Å². The second kappa shape index (κ2) is 11.4. The van der Waals surface area contributed by atoms with E-state index in [9.17, 15) is 4.79 Å². The van der Waals surface area contributed by atoms with Crippen LogP contribution in [0.1, 0.15) is 27.0 Å². The first-order valence-electron chi connectivity index (χ1n) is 11.4. The largest absolute Gasteiger partial charge is 0.478 e. The maximum atomic E-state index is 10.2. The van der Waals surface area contributed by atoms with Crippen LogP contribution in [0.4, 0.5) is 0 Å². The summed E-state index contributed by atoms with van der Waals surface area (Å²) in [6, 6.07) is 49.1. The molecule has 5 rings (SSSR count). The Balaban J connectivity index is 0.000000271. The molecule has 0 aromatic heterocycles. The predicted molar refractivity (Wildman–Crippen MR) is 148 cm³/mol. The fourth-order valence-electron chi connectivity index (χ4n) is 4.16. The van der Waals surface area contributed by atoms with E-state index < -0.39 is 5.97 Å². The summed E-state index contributed by atoms with van der Waals surface area (Å²) in [6.07, 6.45) is 0. The Morgan fingerprint density at radius 2 is 0.943 bits per heavy atom. The van der Waals surface area contributed by atoms with E-state index in [1.165, 1.54) is 27.8 Å². The summed E-state index contributed by atoms with van der Waals surface area (Å²) < 4.78 is 0. The third-order valence-electron chi connectivity index (χ3n) is 5.92. The van der Waals surface area contributed by atoms with Crippen molar-refractivity contribution in [1.82, 2.24) is 0 Å². The highest BCUT2D eigenvalue weighted by Gasteiger charge is 2.33. The van der Waals surface area contributed by atoms with E-state index in [0.29, 0.717) is 5.56 Å². The number of carboxylic acid groups (broad SMARTS) is 1. The summed E-state index contributed by atoms with van der Waals surface area (Å²) in [4.78, 5) is 10.2. The van der Waals surface area contributed by atoms with E-state index in [0.717, 1.165) is 0 Å². The molecule has 0 aliphatic heterocycles. The molecule has 1 unspecified atom stereocenters. The van der Waals surface area contributed by atoms with Crippen LogP contribution in [-0.2, 0) is 5.16 Å². The quantitative estimate of drug-likeness (QED) is 0.208. The second-order valence-electron chi connectivity index (χ2n) is 8.12. The topological polar surface area (TPSA) is 37.3 Å². The highest BCUT2D eigenvalue weighted by Crippen LogP contribution is 2.48. The van der Waals surface area contributed by atoms with Gasteiger partial charge in [0.25, 0.3) is 0 Å². The number of aromatic carboxylic acids is 1. The number of hydrogen-bond acceptors (Lipinski definition) is 1. The zero-order valence-corrected chi connectivity index (χ0v) is 20.4. The van der Waals surface area contributed by atoms with Crippen molar-refractivity contribution in [3.63, 3.8) is 0 Å². The Kier molecular flexibility index (Phi) is 7.88. The molecule has 1 atom stereocenters. The van der Waals surface area contributed by atoms with E-state index in [4.69, 9.17) is 5.11 Å². The molecule has 0 fully saturated rings. The van der Waals surface area contributed by atoms with E-state index >= 15 is 0 Å². The zero-order valence-electron chi connectivity index (χ0n) is 19.3. The number of rotatable bonds is 5. The molecule has 0 saturated carbocycles. The van der Waals surface area contributed by atoms with E-state index in [1.807, 2.05) is 0 Å². The molecular formula is C32H27O2P. The van der Waals surface area contributed by atoms with Crippen molar-refractivity contribution >= 4 is 15.2 Å². The minimum atomic E-state index is -0.879. The van der Waals surface area contributed by atoms with Crippen molar-refractivity contribution in [2.45, 2.75) is 5.16 Å². The summed E-state index contributed by atoms with van der Waals surface area (Å²) >= 11 is 0. The summed E-state index contributed by atoms with van der Waals surface area (Å²) in [5.41, 5.74) is 6.64. The van der Waals surface area contributed by atoms with Gasteiger partial charge in [0.2, 0.25) is 0 Å². The van der Waals surface area contributed by atoms with Crippen LogP contribution >= 0.6 is 9.24 Å². The number of carbonyl (C=O) groups is 1. The van der Waals surface area contributed by atoms with Crippen LogP contribution in [0.15, 0.2) is 146 Å². The van der Waals surface area contributed by atoms with Crippen molar-refractivity contribution in [3.8, 4) is 11.1 Å². The Morgan fingerprint density at radius 1 is 0.543 bits per heavy atom. The Bertz CT molecular complexity index is 1310. The van der Waals surface area contributed by atoms with E-state index in [-0.39, 0.29) is 5.16 Å². The van der Waals surface area contributed by atoms with Crippen LogP contribution in [0.2, 0.25) is 0 Å². The lowest BCUT2D eigenvalue weighted by atomic mass is 9.80. The molecule has 3 heteroatoms. The van der Waals surface area contributed by atoms with Gasteiger partial charge in [-0.15, -0.1) is 9.24 Å². The second-order valence-corrected chi connectivity index (χ2v) is 8.99. The zero-order chi connectivity index (χ0) is 24.5. The van der Waals surface area contributed by atoms with Gasteiger partial charge in [-0.2, -0.15) is 0 Å². The van der Waals surface area contributed by atoms with Crippen molar-refractivity contribution in [2.24, 2.45) is 0 Å². The third-order valence-corrected chi connectivity index (χ3v) is 6.89. The molecule has 35 heavy (non-hydrogen) atoms. The lowest BCUT2D eigenvalue weighted by molar-refractivity contribution is 0.0697. The van der Waals surface area contributed by atoms with Gasteiger partial charge in [-0.1, -0.05) is 133 Å². The molecule has 0 heterocycles. The van der Waals surface area contributed by atoms with Gasteiger partial charge in [0.1, 0.15) is 0 Å². The lowest BCUT2D eigenvalue weighted by Crippen LogP contribution is -2.22. The van der Waals surface area contributed by atoms with Crippen molar-refractivity contribution < 1.29 is 9.90 Å². The fraction of sp³-hybridized carbons (Fsp3) is 0.0312. The molecular weight excluding hydrogens is 447 g/mol. The number of benzene rings is 5. The van der Waals surface area contributed by atoms with Gasteiger partial charge in [-0.05, 0) is 39.9 Å². The normalized spacial score (nSPS) is 10.7. The lowest BCUT2D eigenvalue weighted by Gasteiger charge is -2.33. The predicted octanol–water partition coefficient (Wildman–Crippen LogP) is 7.91. The highest BCUT2D eigenvalue weighted by atomic mass is 31.0. The smallest absolute Gasteiger partial charge is 0.335 e. The van der Waals surface area contributed by atoms with E-state index in [1.54, 1.807) is 30.3 Å². The first-order valence-corrected chi connectivity index (χ1v) is 12.0. The van der Waals surface area contributed by atoms with Crippen molar-refractivity contribution in [2.75, 3.05) is 0 Å². The van der Waals surface area contributed by atoms with Crippen LogP contribution in [0, 0.1) is 0 Å². The average Bonchev–Trinajstić information content (AvgIpc) is 2.95. The van der Waals surface area contributed by atoms with Gasteiger partial charge in [0.05, 0.1) is 10.7 Å². The van der Waals surface area contributed by atoms with Gasteiger partial charge < -0.3 is 5.11 Å². The maximum Gasteiger partial charge on any atom is 0.335 e. The number of carboxylic acids is 1. The average molecular weight is 475 g/mol. The first kappa shape index (κ1) is 24.1. The van der Waals surface area contributed by atoms with Crippen LogP contribution in [0.25, 0.3) is 11.1 Å². The Morgan fingerprint density at radius 3 is 1.40 bits per heavy atom. The fourth-order valence-corrected chi connectivity index (χ4v) is 4.79. The number of hydrogen-bond donors (Lipinski definition) is 1. The summed E-state index contributed by atoms with van der Waals surface area (Å²) in [6.45, 7) is 0. The van der Waals surface area contributed by atoms with Crippen LogP contribution in [0.3, 0.4) is 0 Å². The molecule has 0 aliphatic rings. The van der Waals surface area contributed by atoms with Crippen LogP contribution in [-0.4, -0.2) is 11.1 Å². The molecule has 0 saturated heterocycles. The molecule has 0 aliphatic carbocycles. The van der Waals surface area contributed by atoms with Crippen molar-refractivity contribution in [1.29, 1.82) is 0 Å². The third kappa shape index (κ3) is 5.57. The SMILES string of the molecule is O=C(O)c1ccccc1.PC(c1ccccc1)(c1ccccc1)c1ccccc1-c1ccccc1. The summed E-state index contributed by atoms with van der Waals surface area (Å²) in [5.74, 6) is -0.879. The van der Waals surface area contributed by atoms with Gasteiger partial charge >= 0.3 is 5.97 Å². The van der Waals surface area contributed by atoms with Crippen molar-refractivity contribution in [3.05, 3.63) is 168 Å². The molecule has 0 bridgehead atoms. The van der Waals surface area contributed by atoms with Gasteiger partial charge in [0, 0.05) is 0 Å². The van der Waals surface area contributed by atoms with Gasteiger partial charge in [0.15, 0.2) is 0 Å². The first-order chi connectivity index (χ1) is 17.1. The highest BCUT2D eigenvalue weighted by molar-refractivity contribution is 7.19. The molecule has 5 aromatic carbocycles. The molecule has 5 aromatic rings.